The molecule has 0 aliphatic carbocycles. The molecule has 3 N–H and O–H groups in total. The van der Waals surface area contributed by atoms with Gasteiger partial charge in [0.25, 0.3) is 10.1 Å². The van der Waals surface area contributed by atoms with Gasteiger partial charge in [-0.25, -0.2) is 9.59 Å². The zero-order valence-electron chi connectivity index (χ0n) is 31.0. The number of amides is 3. The van der Waals surface area contributed by atoms with Crippen LogP contribution in [-0.2, 0) is 49.9 Å². The number of fused-ring (bicyclic) bond motifs is 5. The molecular formula is C35H48ClN3O13S. The van der Waals surface area contributed by atoms with E-state index in [1.54, 1.807) is 38.1 Å². The van der Waals surface area contributed by atoms with Gasteiger partial charge in [-0.05, 0) is 44.9 Å². The Bertz CT molecular complexity index is 1770. The molecule has 3 aliphatic rings. The molecule has 7 unspecified atom stereocenters. The molecule has 0 radical (unpaired) electrons. The molecule has 294 valence electrons. The minimum atomic E-state index is -4.43. The van der Waals surface area contributed by atoms with Crippen LogP contribution in [0.25, 0.3) is 0 Å². The van der Waals surface area contributed by atoms with Crippen LogP contribution in [0.15, 0.2) is 35.9 Å². The molecule has 3 heterocycles. The number of benzene rings is 1. The fraction of sp³-hybridized carbons (Fsp3) is 0.600. The number of ether oxygens (including phenoxy) is 5. The number of nitrogens with one attached hydrogen (secondary N) is 1. The number of nitrogens with zero attached hydrogens (tertiary/aromatic N) is 2. The summed E-state index contributed by atoms with van der Waals surface area (Å²) in [5.74, 6) is -3.30. The van der Waals surface area contributed by atoms with Crippen LogP contribution >= 0.6 is 11.6 Å². The Kier molecular flexibility index (Phi) is 12.9. The number of likely N-dealkylation sites (N-methyl/N-ethyl adjacent to an activating group) is 1. The van der Waals surface area contributed by atoms with E-state index < -0.39 is 100 Å². The zero-order valence-corrected chi connectivity index (χ0v) is 32.5. The highest BCUT2D eigenvalue weighted by Gasteiger charge is 2.64. The third-order valence-electron chi connectivity index (χ3n) is 10.1. The predicted molar refractivity (Wildman–Crippen MR) is 192 cm³/mol. The Hall–Kier alpha value is -3.74. The second kappa shape index (κ2) is 16.3. The molecule has 2 saturated heterocycles. The first-order valence-corrected chi connectivity index (χ1v) is 18.9. The van der Waals surface area contributed by atoms with Crippen LogP contribution < -0.4 is 15.0 Å². The second-order valence-corrected chi connectivity index (χ2v) is 15.9. The lowest BCUT2D eigenvalue weighted by atomic mass is 9.83. The summed E-state index contributed by atoms with van der Waals surface area (Å²) in [6, 6.07) is 2.25. The van der Waals surface area contributed by atoms with Gasteiger partial charge in [0, 0.05) is 40.0 Å². The Morgan fingerprint density at radius 1 is 1.25 bits per heavy atom. The molecular weight excluding hydrogens is 738 g/mol. The SMILES string of the molecule is COc1cc2cc(c1Cl)N(C)C(=O)CC(OC(=O)[C@H](C)N(C)C(=O)CCS(=O)(=O)O)C1(C)OC1C(C)C1CC(O)(NC(=O)O1)C(OC)/C=C/C=C(\C)C2. The first-order valence-electron chi connectivity index (χ1n) is 16.9. The van der Waals surface area contributed by atoms with Gasteiger partial charge in [-0.1, -0.05) is 42.3 Å². The molecule has 18 heteroatoms. The Labute approximate surface area is 314 Å². The standard InChI is InChI=1S/C35H48ClN3O13S/c1-19-10-9-11-26(49-8)35(44)18-25(50-33(43)37-35)20(2)31-34(4,52-31)27(51-32(42)21(3)38(5)28(40)12-13-53(45,46)47)17-29(41)39(6)23-15-22(14-19)16-24(48-7)30(23)36/h9-11,15-16,20-21,25-27,31,44H,12-14,17-18H2,1-8H3,(H,37,43)(H,45,46,47)/b11-9+,19-10+/t20?,21-,25?,26?,27?,31?,34?,35?/m0/s1. The largest absolute Gasteiger partial charge is 0.495 e. The number of allylic oxidation sites excluding steroid dienone is 3. The summed E-state index contributed by atoms with van der Waals surface area (Å²) < 4.78 is 60.3. The van der Waals surface area contributed by atoms with Crippen molar-refractivity contribution in [3.8, 4) is 5.75 Å². The summed E-state index contributed by atoms with van der Waals surface area (Å²) in [5.41, 5.74) is -1.22. The van der Waals surface area contributed by atoms with Gasteiger partial charge in [-0.15, -0.1) is 0 Å². The third-order valence-corrected chi connectivity index (χ3v) is 11.2. The number of hydrogen-bond acceptors (Lipinski definition) is 12. The van der Waals surface area contributed by atoms with E-state index in [-0.39, 0.29) is 11.4 Å². The van der Waals surface area contributed by atoms with Crippen molar-refractivity contribution in [2.45, 2.75) is 95.2 Å². The van der Waals surface area contributed by atoms with Crippen molar-refractivity contribution in [2.75, 3.05) is 39.0 Å². The van der Waals surface area contributed by atoms with Gasteiger partial charge >= 0.3 is 12.1 Å². The lowest BCUT2D eigenvalue weighted by Gasteiger charge is -2.42. The molecule has 0 saturated carbocycles. The molecule has 16 nitrogen and oxygen atoms in total. The number of carbonyl (C=O) groups is 4. The van der Waals surface area contributed by atoms with Crippen LogP contribution in [0.1, 0.15) is 52.5 Å². The van der Waals surface area contributed by atoms with Crippen molar-refractivity contribution in [1.82, 2.24) is 10.2 Å². The number of alkyl carbamates (subject to hydrolysis) is 1. The lowest BCUT2D eigenvalue weighted by Crippen LogP contribution is -2.63. The van der Waals surface area contributed by atoms with E-state index in [1.807, 2.05) is 13.0 Å². The fourth-order valence-corrected chi connectivity index (χ4v) is 7.36. The summed E-state index contributed by atoms with van der Waals surface area (Å²) in [6.45, 7) is 6.62. The summed E-state index contributed by atoms with van der Waals surface area (Å²) in [6.07, 6.45) is -0.321. The van der Waals surface area contributed by atoms with Crippen LogP contribution in [0.4, 0.5) is 10.5 Å². The maximum Gasteiger partial charge on any atom is 0.409 e. The van der Waals surface area contributed by atoms with E-state index in [9.17, 15) is 32.7 Å². The average molecular weight is 786 g/mol. The van der Waals surface area contributed by atoms with Crippen LogP contribution in [0, 0.1) is 5.92 Å². The van der Waals surface area contributed by atoms with Crippen molar-refractivity contribution in [3.05, 3.63) is 46.5 Å². The van der Waals surface area contributed by atoms with Gasteiger partial charge in [0.05, 0.1) is 31.1 Å². The highest BCUT2D eigenvalue weighted by atomic mass is 35.5. The molecule has 1 aromatic rings. The predicted octanol–water partition coefficient (Wildman–Crippen LogP) is 2.79. The normalized spacial score (nSPS) is 31.5. The number of anilines is 1. The zero-order chi connectivity index (χ0) is 39.6. The van der Waals surface area contributed by atoms with E-state index in [0.717, 1.165) is 16.0 Å². The minimum absolute atomic E-state index is 0.106. The van der Waals surface area contributed by atoms with Crippen molar-refractivity contribution in [3.63, 3.8) is 0 Å². The number of aliphatic hydroxyl groups is 1. The van der Waals surface area contributed by atoms with Gasteiger partial charge in [-0.2, -0.15) is 8.42 Å². The number of epoxide rings is 1. The maximum absolute atomic E-state index is 14.1. The smallest absolute Gasteiger partial charge is 0.409 e. The molecule has 2 fully saturated rings. The van der Waals surface area contributed by atoms with Crippen LogP contribution in [0.5, 0.6) is 5.75 Å². The number of hydrogen-bond donors (Lipinski definition) is 3. The molecule has 3 amide bonds. The second-order valence-electron chi connectivity index (χ2n) is 13.9. The Morgan fingerprint density at radius 3 is 2.55 bits per heavy atom. The molecule has 1 aromatic carbocycles. The fourth-order valence-electron chi connectivity index (χ4n) is 6.61. The summed E-state index contributed by atoms with van der Waals surface area (Å²) in [5, 5.41) is 14.3. The molecule has 4 bridgehead atoms. The molecule has 3 aliphatic heterocycles. The Balaban J connectivity index is 1.75. The van der Waals surface area contributed by atoms with E-state index in [4.69, 9.17) is 39.8 Å². The number of methoxy groups -OCH3 is 2. The monoisotopic (exact) mass is 785 g/mol. The lowest BCUT2D eigenvalue weighted by molar-refractivity contribution is -0.162. The first-order chi connectivity index (χ1) is 24.6. The van der Waals surface area contributed by atoms with Gasteiger partial charge < -0.3 is 38.6 Å². The van der Waals surface area contributed by atoms with E-state index >= 15 is 0 Å². The first kappa shape index (κ1) is 42.0. The van der Waals surface area contributed by atoms with Crippen molar-refractivity contribution < 1.29 is 60.9 Å². The molecule has 0 spiro atoms. The average Bonchev–Trinajstić information content (AvgIpc) is 3.78. The quantitative estimate of drug-likeness (QED) is 0.197. The molecule has 4 rings (SSSR count). The van der Waals surface area contributed by atoms with E-state index in [1.165, 1.54) is 40.1 Å². The van der Waals surface area contributed by atoms with Crippen LogP contribution in [0.3, 0.4) is 0 Å². The summed E-state index contributed by atoms with van der Waals surface area (Å²) in [7, 11) is 1.20. The van der Waals surface area contributed by atoms with Gasteiger partial charge in [0.1, 0.15) is 40.7 Å². The highest BCUT2D eigenvalue weighted by molar-refractivity contribution is 7.85. The van der Waals surface area contributed by atoms with Gasteiger partial charge in [0.2, 0.25) is 11.8 Å². The topological polar surface area (TPSA) is 211 Å². The third kappa shape index (κ3) is 9.69. The Morgan fingerprint density at radius 2 is 1.92 bits per heavy atom. The van der Waals surface area contributed by atoms with Crippen molar-refractivity contribution in [2.24, 2.45) is 5.92 Å². The maximum atomic E-state index is 14.1. The minimum Gasteiger partial charge on any atom is -0.495 e. The van der Waals surface area contributed by atoms with Crippen molar-refractivity contribution >= 4 is 51.3 Å². The molecule has 53 heavy (non-hydrogen) atoms. The van der Waals surface area contributed by atoms with Gasteiger partial charge in [-0.3, -0.25) is 19.5 Å². The van der Waals surface area contributed by atoms with Crippen LogP contribution in [0.2, 0.25) is 5.02 Å². The van der Waals surface area contributed by atoms with Crippen LogP contribution in [-0.4, -0.2) is 123 Å². The number of carbonyl (C=O) groups excluding carboxylic acids is 4. The van der Waals surface area contributed by atoms with E-state index in [0.29, 0.717) is 17.9 Å². The van der Waals surface area contributed by atoms with Crippen molar-refractivity contribution in [1.29, 1.82) is 0 Å². The summed E-state index contributed by atoms with van der Waals surface area (Å²) >= 11 is 6.71. The number of esters is 1. The summed E-state index contributed by atoms with van der Waals surface area (Å²) in [4.78, 5) is 55.4. The molecule has 8 atom stereocenters. The number of rotatable bonds is 8. The van der Waals surface area contributed by atoms with E-state index in [2.05, 4.69) is 5.32 Å². The molecule has 0 aromatic heterocycles. The number of halogens is 1. The van der Waals surface area contributed by atoms with Gasteiger partial charge in [0.15, 0.2) is 5.72 Å². The highest BCUT2D eigenvalue weighted by Crippen LogP contribution is 2.49.